The zero-order valence-electron chi connectivity index (χ0n) is 15.6. The van der Waals surface area contributed by atoms with E-state index in [0.29, 0.717) is 30.5 Å². The zero-order chi connectivity index (χ0) is 19.4. The van der Waals surface area contributed by atoms with E-state index >= 15 is 0 Å². The van der Waals surface area contributed by atoms with Gasteiger partial charge >= 0.3 is 0 Å². The lowest BCUT2D eigenvalue weighted by atomic mass is 10.0. The summed E-state index contributed by atoms with van der Waals surface area (Å²) in [4.78, 5) is 39.5. The molecule has 2 aromatic carbocycles. The fraction of sp³-hybridized carbons (Fsp3) is 0.318. The maximum Gasteiger partial charge on any atom is 0.262 e. The lowest BCUT2D eigenvalue weighted by molar-refractivity contribution is -0.125. The Morgan fingerprint density at radius 2 is 1.48 bits per heavy atom. The maximum atomic E-state index is 12.8. The molecular weight excluding hydrogens is 340 g/mol. The van der Waals surface area contributed by atoms with Crippen LogP contribution in [0.2, 0.25) is 0 Å². The predicted molar refractivity (Wildman–Crippen MR) is 103 cm³/mol. The monoisotopic (exact) mass is 364 g/mol. The topological polar surface area (TPSA) is 66.5 Å². The highest BCUT2D eigenvalue weighted by Gasteiger charge is 2.42. The summed E-state index contributed by atoms with van der Waals surface area (Å²) in [5, 5.41) is 2.90. The number of carbonyl (C=O) groups is 3. The molecule has 1 atom stereocenters. The van der Waals surface area contributed by atoms with Gasteiger partial charge in [-0.1, -0.05) is 56.3 Å². The van der Waals surface area contributed by atoms with E-state index in [0.717, 1.165) is 10.5 Å². The van der Waals surface area contributed by atoms with Gasteiger partial charge < -0.3 is 5.32 Å². The quantitative estimate of drug-likeness (QED) is 0.768. The van der Waals surface area contributed by atoms with Gasteiger partial charge in [0, 0.05) is 6.54 Å². The molecule has 1 heterocycles. The van der Waals surface area contributed by atoms with Crippen LogP contribution in [0, 0.1) is 5.92 Å². The van der Waals surface area contributed by atoms with Crippen molar-refractivity contribution in [2.75, 3.05) is 6.54 Å². The van der Waals surface area contributed by atoms with Crippen LogP contribution < -0.4 is 5.32 Å². The van der Waals surface area contributed by atoms with Gasteiger partial charge in [-0.25, -0.2) is 0 Å². The minimum atomic E-state index is -0.798. The summed E-state index contributed by atoms with van der Waals surface area (Å²) < 4.78 is 0. The number of nitrogens with zero attached hydrogens (tertiary/aromatic N) is 1. The molecule has 0 bridgehead atoms. The highest BCUT2D eigenvalue weighted by molar-refractivity contribution is 6.22. The molecule has 1 aliphatic rings. The second-order valence-corrected chi connectivity index (χ2v) is 7.20. The number of benzene rings is 2. The van der Waals surface area contributed by atoms with Gasteiger partial charge in [0.1, 0.15) is 6.04 Å². The average Bonchev–Trinajstić information content (AvgIpc) is 2.91. The summed E-state index contributed by atoms with van der Waals surface area (Å²) >= 11 is 0. The first-order chi connectivity index (χ1) is 13.0. The molecule has 0 radical (unpaired) electrons. The predicted octanol–water partition coefficient (Wildman–Crippen LogP) is 3.06. The molecule has 1 aliphatic heterocycles. The normalized spacial score (nSPS) is 14.4. The van der Waals surface area contributed by atoms with Crippen molar-refractivity contribution in [3.63, 3.8) is 0 Å². The van der Waals surface area contributed by atoms with Crippen LogP contribution in [0.4, 0.5) is 0 Å². The van der Waals surface area contributed by atoms with Crippen molar-refractivity contribution >= 4 is 17.7 Å². The molecule has 5 heteroatoms. The lowest BCUT2D eigenvalue weighted by Crippen LogP contribution is -2.50. The minimum absolute atomic E-state index is 0.166. The molecule has 3 amide bonds. The molecule has 0 fully saturated rings. The van der Waals surface area contributed by atoms with E-state index in [9.17, 15) is 14.4 Å². The van der Waals surface area contributed by atoms with Crippen molar-refractivity contribution in [3.8, 4) is 0 Å². The first kappa shape index (κ1) is 18.8. The summed E-state index contributed by atoms with van der Waals surface area (Å²) in [7, 11) is 0. The molecule has 0 saturated carbocycles. The average molecular weight is 364 g/mol. The van der Waals surface area contributed by atoms with Gasteiger partial charge in [0.15, 0.2) is 0 Å². The van der Waals surface area contributed by atoms with Crippen LogP contribution in [0.5, 0.6) is 0 Å². The molecule has 140 valence electrons. The Balaban J connectivity index is 1.73. The Bertz CT molecular complexity index is 811. The van der Waals surface area contributed by atoms with E-state index < -0.39 is 6.04 Å². The maximum absolute atomic E-state index is 12.8. The van der Waals surface area contributed by atoms with Crippen molar-refractivity contribution in [3.05, 3.63) is 71.3 Å². The van der Waals surface area contributed by atoms with Gasteiger partial charge in [-0.05, 0) is 36.5 Å². The highest BCUT2D eigenvalue weighted by atomic mass is 16.2. The first-order valence-corrected chi connectivity index (χ1v) is 9.27. The van der Waals surface area contributed by atoms with E-state index in [1.165, 1.54) is 0 Å². The van der Waals surface area contributed by atoms with Crippen LogP contribution in [0.3, 0.4) is 0 Å². The smallest absolute Gasteiger partial charge is 0.262 e. The second kappa shape index (κ2) is 8.16. The van der Waals surface area contributed by atoms with Crippen molar-refractivity contribution in [2.24, 2.45) is 5.92 Å². The first-order valence-electron chi connectivity index (χ1n) is 9.27. The Labute approximate surface area is 159 Å². The van der Waals surface area contributed by atoms with Crippen LogP contribution >= 0.6 is 0 Å². The number of fused-ring (bicyclic) bond motifs is 1. The number of imide groups is 1. The summed E-state index contributed by atoms with van der Waals surface area (Å²) in [5.41, 5.74) is 1.86. The highest BCUT2D eigenvalue weighted by Crippen LogP contribution is 2.27. The van der Waals surface area contributed by atoms with Gasteiger partial charge in [0.25, 0.3) is 11.8 Å². The Morgan fingerprint density at radius 1 is 0.926 bits per heavy atom. The SMILES string of the molecule is CC(C)C[C@@H](C(=O)NCCc1ccccc1)N1C(=O)c2ccccc2C1=O. The third-order valence-electron chi connectivity index (χ3n) is 4.69. The van der Waals surface area contributed by atoms with Crippen LogP contribution in [-0.4, -0.2) is 35.2 Å². The van der Waals surface area contributed by atoms with Crippen molar-refractivity contribution in [1.29, 1.82) is 0 Å². The van der Waals surface area contributed by atoms with Crippen LogP contribution in [-0.2, 0) is 11.2 Å². The van der Waals surface area contributed by atoms with Crippen molar-refractivity contribution in [1.82, 2.24) is 10.2 Å². The van der Waals surface area contributed by atoms with Crippen LogP contribution in [0.25, 0.3) is 0 Å². The molecule has 1 N–H and O–H groups in total. The van der Waals surface area contributed by atoms with E-state index in [1.807, 2.05) is 44.2 Å². The summed E-state index contributed by atoms with van der Waals surface area (Å²) in [6, 6.07) is 15.8. The molecule has 0 spiro atoms. The Kier molecular flexibility index (Phi) is 5.69. The molecule has 0 saturated heterocycles. The third kappa shape index (κ3) is 4.08. The number of carbonyl (C=O) groups excluding carboxylic acids is 3. The molecule has 0 aliphatic carbocycles. The van der Waals surface area contributed by atoms with Crippen LogP contribution in [0.1, 0.15) is 46.5 Å². The summed E-state index contributed by atoms with van der Waals surface area (Å²) in [6.45, 7) is 4.41. The summed E-state index contributed by atoms with van der Waals surface area (Å²) in [5.74, 6) is -0.896. The molecule has 0 unspecified atom stereocenters. The fourth-order valence-corrected chi connectivity index (χ4v) is 3.36. The number of hydrogen-bond donors (Lipinski definition) is 1. The molecule has 3 rings (SSSR count). The van der Waals surface area contributed by atoms with E-state index in [4.69, 9.17) is 0 Å². The molecule has 27 heavy (non-hydrogen) atoms. The number of hydrogen-bond acceptors (Lipinski definition) is 3. The number of rotatable bonds is 7. The third-order valence-corrected chi connectivity index (χ3v) is 4.69. The van der Waals surface area contributed by atoms with Gasteiger partial charge in [0.05, 0.1) is 11.1 Å². The minimum Gasteiger partial charge on any atom is -0.354 e. The van der Waals surface area contributed by atoms with E-state index in [1.54, 1.807) is 24.3 Å². The molecule has 5 nitrogen and oxygen atoms in total. The van der Waals surface area contributed by atoms with Gasteiger partial charge in [0.2, 0.25) is 5.91 Å². The fourth-order valence-electron chi connectivity index (χ4n) is 3.36. The van der Waals surface area contributed by atoms with E-state index in [2.05, 4.69) is 5.32 Å². The molecule has 2 aromatic rings. The number of amides is 3. The van der Waals surface area contributed by atoms with Crippen molar-refractivity contribution < 1.29 is 14.4 Å². The van der Waals surface area contributed by atoms with E-state index in [-0.39, 0.29) is 23.6 Å². The largest absolute Gasteiger partial charge is 0.354 e. The lowest BCUT2D eigenvalue weighted by Gasteiger charge is -2.26. The van der Waals surface area contributed by atoms with Gasteiger partial charge in [-0.2, -0.15) is 0 Å². The zero-order valence-corrected chi connectivity index (χ0v) is 15.6. The number of nitrogens with one attached hydrogen (secondary N) is 1. The Hall–Kier alpha value is -2.95. The second-order valence-electron chi connectivity index (χ2n) is 7.20. The molecular formula is C22H24N2O3. The van der Waals surface area contributed by atoms with Gasteiger partial charge in [-0.3, -0.25) is 19.3 Å². The van der Waals surface area contributed by atoms with Crippen LogP contribution in [0.15, 0.2) is 54.6 Å². The Morgan fingerprint density at radius 3 is 2.04 bits per heavy atom. The molecule has 0 aromatic heterocycles. The summed E-state index contributed by atoms with van der Waals surface area (Å²) in [6.07, 6.45) is 1.13. The van der Waals surface area contributed by atoms with Crippen molar-refractivity contribution in [2.45, 2.75) is 32.7 Å². The van der Waals surface area contributed by atoms with Gasteiger partial charge in [-0.15, -0.1) is 0 Å². The standard InChI is InChI=1S/C22H24N2O3/c1-15(2)14-19(20(25)23-13-12-16-8-4-3-5-9-16)24-21(26)17-10-6-7-11-18(17)22(24)27/h3-11,15,19H,12-14H2,1-2H3,(H,23,25)/t19-/m0/s1.